The monoisotopic (exact) mass is 443 g/mol. The van der Waals surface area contributed by atoms with Crippen LogP contribution in [0.3, 0.4) is 0 Å². The molecule has 31 heavy (non-hydrogen) atoms. The second-order valence-corrected chi connectivity index (χ2v) is 6.93. The number of alkyl halides is 3. The zero-order valence-electron chi connectivity index (χ0n) is 15.9. The molecule has 0 spiro atoms. The van der Waals surface area contributed by atoms with Crippen LogP contribution in [0.2, 0.25) is 5.02 Å². The van der Waals surface area contributed by atoms with E-state index in [2.05, 4.69) is 25.3 Å². The summed E-state index contributed by atoms with van der Waals surface area (Å²) in [5.74, 6) is -0.112. The number of aliphatic imine (C=N–C) groups is 1. The first kappa shape index (κ1) is 20.6. The largest absolute Gasteiger partial charge is 0.440 e. The number of pyridine rings is 1. The number of aromatic nitrogens is 3. The average Bonchev–Trinajstić information content (AvgIpc) is 3.04. The van der Waals surface area contributed by atoms with E-state index in [1.165, 1.54) is 19.1 Å². The van der Waals surface area contributed by atoms with Crippen LogP contribution >= 0.6 is 11.6 Å². The van der Waals surface area contributed by atoms with Crippen molar-refractivity contribution < 1.29 is 18.0 Å². The molecular formula is C21H13ClF3N5O. The summed E-state index contributed by atoms with van der Waals surface area (Å²) in [6, 6.07) is 10.4. The molecule has 3 heterocycles. The summed E-state index contributed by atoms with van der Waals surface area (Å²) in [7, 11) is 0. The van der Waals surface area contributed by atoms with E-state index in [1.807, 2.05) is 30.0 Å². The maximum absolute atomic E-state index is 12.9. The van der Waals surface area contributed by atoms with E-state index in [0.717, 1.165) is 17.1 Å². The van der Waals surface area contributed by atoms with E-state index in [9.17, 15) is 18.0 Å². The van der Waals surface area contributed by atoms with Gasteiger partial charge < -0.3 is 10.3 Å². The van der Waals surface area contributed by atoms with Crippen LogP contribution in [0.25, 0.3) is 22.6 Å². The molecule has 0 fully saturated rings. The van der Waals surface area contributed by atoms with Gasteiger partial charge in [0.25, 0.3) is 5.91 Å². The van der Waals surface area contributed by atoms with Crippen LogP contribution in [0.4, 0.5) is 19.0 Å². The van der Waals surface area contributed by atoms with E-state index in [4.69, 9.17) is 11.6 Å². The van der Waals surface area contributed by atoms with E-state index in [1.54, 1.807) is 6.07 Å². The lowest BCUT2D eigenvalue weighted by molar-refractivity contribution is -0.112. The highest BCUT2D eigenvalue weighted by Gasteiger charge is 2.35. The standard InChI is InChI=1S/C21H13ClF3N5O/c1-11-12(5-4-8-16(26-11)21(23,24)25)20(31)30-17-10-9-13(22)18(29-17)19-27-14-6-2-3-7-15(14)28-19/h2-7,9-10H,1H3,(H,27,28)(H,29,30,31). The van der Waals surface area contributed by atoms with E-state index >= 15 is 0 Å². The number of imidazole rings is 1. The number of fused-ring (bicyclic) bond motifs is 1. The summed E-state index contributed by atoms with van der Waals surface area (Å²) >= 11 is 6.26. The fourth-order valence-corrected chi connectivity index (χ4v) is 3.09. The lowest BCUT2D eigenvalue weighted by Crippen LogP contribution is -2.20. The predicted octanol–water partition coefficient (Wildman–Crippen LogP) is 5.22. The highest BCUT2D eigenvalue weighted by atomic mass is 35.5. The Kier molecular flexibility index (Phi) is 5.22. The van der Waals surface area contributed by atoms with Crippen molar-refractivity contribution in [3.05, 3.63) is 70.6 Å². The molecule has 0 bridgehead atoms. The Morgan fingerprint density at radius 1 is 1.16 bits per heavy atom. The van der Waals surface area contributed by atoms with Gasteiger partial charge in [-0.25, -0.2) is 15.0 Å². The van der Waals surface area contributed by atoms with Crippen LogP contribution in [0.5, 0.6) is 0 Å². The minimum atomic E-state index is -4.67. The molecule has 0 unspecified atom stereocenters. The van der Waals surface area contributed by atoms with Crippen molar-refractivity contribution in [1.29, 1.82) is 0 Å². The molecule has 1 aliphatic heterocycles. The number of benzene rings is 1. The highest BCUT2D eigenvalue weighted by Crippen LogP contribution is 2.29. The van der Waals surface area contributed by atoms with Gasteiger partial charge in [0.05, 0.1) is 27.3 Å². The van der Waals surface area contributed by atoms with Crippen molar-refractivity contribution in [2.45, 2.75) is 13.1 Å². The number of nitrogens with one attached hydrogen (secondary N) is 2. The molecular weight excluding hydrogens is 431 g/mol. The maximum Gasteiger partial charge on any atom is 0.440 e. The minimum Gasteiger partial charge on any atom is -0.337 e. The molecule has 6 nitrogen and oxygen atoms in total. The van der Waals surface area contributed by atoms with Crippen LogP contribution in [-0.2, 0) is 4.79 Å². The summed E-state index contributed by atoms with van der Waals surface area (Å²) in [6.07, 6.45) is -2.45. The lowest BCUT2D eigenvalue weighted by Gasteiger charge is -2.10. The van der Waals surface area contributed by atoms with Crippen molar-refractivity contribution in [2.75, 3.05) is 5.32 Å². The summed E-state index contributed by atoms with van der Waals surface area (Å²) in [5.41, 5.74) is 2.50. The first-order chi connectivity index (χ1) is 14.7. The molecule has 2 N–H and O–H groups in total. The molecule has 1 aliphatic rings. The molecule has 10 heteroatoms. The number of carbonyl (C=O) groups excluding carboxylic acids is 1. The summed E-state index contributed by atoms with van der Waals surface area (Å²) < 4.78 is 38.7. The number of anilines is 1. The molecule has 0 atom stereocenters. The Morgan fingerprint density at radius 3 is 2.68 bits per heavy atom. The second kappa shape index (κ2) is 7.86. The molecule has 4 rings (SSSR count). The Labute approximate surface area is 178 Å². The van der Waals surface area contributed by atoms with Crippen molar-refractivity contribution in [3.8, 4) is 11.5 Å². The number of nitrogens with zero attached hydrogens (tertiary/aromatic N) is 3. The van der Waals surface area contributed by atoms with Gasteiger partial charge in [0.2, 0.25) is 0 Å². The molecule has 3 aromatic rings. The summed E-state index contributed by atoms with van der Waals surface area (Å²) in [5, 5.41) is 2.87. The topological polar surface area (TPSA) is 83.0 Å². The van der Waals surface area contributed by atoms with Gasteiger partial charge in [-0.05, 0) is 43.3 Å². The average molecular weight is 444 g/mol. The fourth-order valence-electron chi connectivity index (χ4n) is 2.90. The quantitative estimate of drug-likeness (QED) is 0.544. The van der Waals surface area contributed by atoms with Crippen molar-refractivity contribution in [2.24, 2.45) is 4.99 Å². The van der Waals surface area contributed by atoms with Crippen molar-refractivity contribution >= 4 is 40.1 Å². The molecule has 2 aromatic heterocycles. The van der Waals surface area contributed by atoms with Gasteiger partial charge in [0.1, 0.15) is 11.5 Å². The van der Waals surface area contributed by atoms with Gasteiger partial charge >= 0.3 is 6.18 Å². The molecule has 0 saturated heterocycles. The number of allylic oxidation sites excluding steroid dienone is 2. The Hall–Kier alpha value is -3.68. The normalized spacial score (nSPS) is 14.0. The van der Waals surface area contributed by atoms with Crippen molar-refractivity contribution in [1.82, 2.24) is 15.0 Å². The number of hydrogen-bond acceptors (Lipinski definition) is 4. The number of carbonyl (C=O) groups is 1. The third-order valence-corrected chi connectivity index (χ3v) is 4.66. The number of halogens is 4. The number of aromatic amines is 1. The molecule has 1 aromatic carbocycles. The SMILES string of the molecule is CC1=NC(C(F)(F)F)=C=CC=C1C(=O)Nc1ccc(Cl)c(-c2nc3ccccc3[nH]2)n1. The van der Waals surface area contributed by atoms with Gasteiger partial charge in [-0.2, -0.15) is 13.2 Å². The number of H-pyrrole nitrogens is 1. The predicted molar refractivity (Wildman–Crippen MR) is 112 cm³/mol. The number of hydrogen-bond donors (Lipinski definition) is 2. The van der Waals surface area contributed by atoms with E-state index < -0.39 is 17.8 Å². The van der Waals surface area contributed by atoms with Crippen LogP contribution in [0.1, 0.15) is 6.92 Å². The molecule has 0 saturated carbocycles. The second-order valence-electron chi connectivity index (χ2n) is 6.52. The van der Waals surface area contributed by atoms with Gasteiger partial charge in [0.15, 0.2) is 11.5 Å². The minimum absolute atomic E-state index is 0.0474. The third-order valence-electron chi connectivity index (χ3n) is 4.35. The molecule has 0 radical (unpaired) electrons. The third kappa shape index (κ3) is 4.28. The number of rotatable bonds is 3. The zero-order valence-corrected chi connectivity index (χ0v) is 16.6. The van der Waals surface area contributed by atoms with Crippen LogP contribution in [0.15, 0.2) is 70.5 Å². The summed E-state index contributed by atoms with van der Waals surface area (Å²) in [4.78, 5) is 28.0. The van der Waals surface area contributed by atoms with E-state index in [0.29, 0.717) is 16.5 Å². The first-order valence-electron chi connectivity index (χ1n) is 8.95. The molecule has 1 amide bonds. The highest BCUT2D eigenvalue weighted by molar-refractivity contribution is 6.33. The smallest absolute Gasteiger partial charge is 0.337 e. The number of para-hydroxylation sites is 2. The summed E-state index contributed by atoms with van der Waals surface area (Å²) in [6.45, 7) is 1.31. The number of amides is 1. The van der Waals surface area contributed by atoms with Crippen LogP contribution in [0, 0.1) is 0 Å². The fraction of sp³-hybridized carbons (Fsp3) is 0.0952. The van der Waals surface area contributed by atoms with Crippen molar-refractivity contribution in [3.63, 3.8) is 0 Å². The van der Waals surface area contributed by atoms with Gasteiger partial charge in [-0.3, -0.25) is 4.79 Å². The Bertz CT molecular complexity index is 1300. The first-order valence-corrected chi connectivity index (χ1v) is 9.33. The lowest BCUT2D eigenvalue weighted by atomic mass is 10.1. The molecule has 0 aliphatic carbocycles. The van der Waals surface area contributed by atoms with Crippen LogP contribution in [-0.4, -0.2) is 32.7 Å². The van der Waals surface area contributed by atoms with Crippen LogP contribution < -0.4 is 5.32 Å². The van der Waals surface area contributed by atoms with Gasteiger partial charge in [0, 0.05) is 0 Å². The Morgan fingerprint density at radius 2 is 1.94 bits per heavy atom. The van der Waals surface area contributed by atoms with E-state index in [-0.39, 0.29) is 17.1 Å². The van der Waals surface area contributed by atoms with Gasteiger partial charge in [-0.1, -0.05) is 29.5 Å². The molecule has 156 valence electrons. The maximum atomic E-state index is 12.9. The Balaban J connectivity index is 1.61. The zero-order chi connectivity index (χ0) is 22.2. The van der Waals surface area contributed by atoms with Gasteiger partial charge in [-0.15, -0.1) is 0 Å².